The maximum atomic E-state index is 4.70. The van der Waals surface area contributed by atoms with Crippen LogP contribution in [-0.2, 0) is 0 Å². The Morgan fingerprint density at radius 3 is 1.73 bits per heavy atom. The molecule has 1 atom stereocenters. The Morgan fingerprint density at radius 2 is 1.14 bits per heavy atom. The lowest BCUT2D eigenvalue weighted by Crippen LogP contribution is -2.13. The minimum atomic E-state index is 0.380. The molecule has 6 rings (SSSR count). The molecule has 0 spiro atoms. The molecule has 1 heterocycles. The number of hydrogen-bond acceptors (Lipinski definition) is 8. The molecule has 8 nitrogen and oxygen atoms in total. The van der Waals surface area contributed by atoms with Crippen molar-refractivity contribution >= 4 is 61.4 Å². The summed E-state index contributed by atoms with van der Waals surface area (Å²) in [4.78, 5) is 4.06. The molecule has 6 aromatic rings. The highest BCUT2D eigenvalue weighted by molar-refractivity contribution is 6.01. The van der Waals surface area contributed by atoms with Crippen molar-refractivity contribution in [3.05, 3.63) is 121 Å². The first-order valence-electron chi connectivity index (χ1n) is 14.6. The molecule has 0 saturated heterocycles. The molecule has 0 radical (unpaired) electrons. The molecule has 0 amide bonds. The highest BCUT2D eigenvalue weighted by Gasteiger charge is 2.09. The van der Waals surface area contributed by atoms with Crippen molar-refractivity contribution < 1.29 is 0 Å². The van der Waals surface area contributed by atoms with E-state index >= 15 is 0 Å². The topological polar surface area (TPSA) is 99.1 Å². The van der Waals surface area contributed by atoms with Crippen LogP contribution in [0, 0.1) is 6.92 Å². The third-order valence-corrected chi connectivity index (χ3v) is 7.43. The Kier molecular flexibility index (Phi) is 8.50. The predicted octanol–water partition coefficient (Wildman–Crippen LogP) is 12.2. The average Bonchev–Trinajstić information content (AvgIpc) is 3.07. The Balaban J connectivity index is 1.26. The van der Waals surface area contributed by atoms with Gasteiger partial charge in [0.05, 0.1) is 34.6 Å². The van der Waals surface area contributed by atoms with Crippen molar-refractivity contribution in [2.45, 2.75) is 33.2 Å². The van der Waals surface area contributed by atoms with Gasteiger partial charge in [-0.3, -0.25) is 4.98 Å². The molecule has 216 valence electrons. The Hall–Kier alpha value is -5.63. The van der Waals surface area contributed by atoms with Crippen LogP contribution in [-0.4, -0.2) is 11.0 Å². The van der Waals surface area contributed by atoms with Crippen molar-refractivity contribution in [3.8, 4) is 0 Å². The van der Waals surface area contributed by atoms with Crippen LogP contribution in [0.4, 0.5) is 39.8 Å². The number of rotatable bonds is 9. The summed E-state index contributed by atoms with van der Waals surface area (Å²) in [6, 6.07) is 34.1. The summed E-state index contributed by atoms with van der Waals surface area (Å²) in [6.07, 6.45) is 4.42. The minimum Gasteiger partial charge on any atom is -0.382 e. The van der Waals surface area contributed by atoms with E-state index in [9.17, 15) is 0 Å². The van der Waals surface area contributed by atoms with Crippen LogP contribution in [0.2, 0.25) is 0 Å². The number of nitrogens with zero attached hydrogens (tertiary/aromatic N) is 7. The van der Waals surface area contributed by atoms with Gasteiger partial charge in [-0.25, -0.2) is 0 Å². The fourth-order valence-electron chi connectivity index (χ4n) is 4.86. The van der Waals surface area contributed by atoms with Crippen molar-refractivity contribution in [1.29, 1.82) is 0 Å². The zero-order valence-electron chi connectivity index (χ0n) is 24.9. The van der Waals surface area contributed by atoms with Crippen molar-refractivity contribution in [2.24, 2.45) is 30.7 Å². The summed E-state index contributed by atoms with van der Waals surface area (Å²) in [5, 5.41) is 34.8. The molecule has 0 fully saturated rings. The van der Waals surface area contributed by atoms with Gasteiger partial charge in [0.1, 0.15) is 5.69 Å². The first kappa shape index (κ1) is 28.5. The van der Waals surface area contributed by atoms with E-state index in [1.807, 2.05) is 85.8 Å². The normalized spacial score (nSPS) is 12.6. The number of nitrogens with one attached hydrogen (secondary N) is 1. The molecular formula is C36H32N8. The number of pyridine rings is 1. The number of hydrogen-bond donors (Lipinski definition) is 1. The maximum absolute atomic E-state index is 4.70. The van der Waals surface area contributed by atoms with E-state index < -0.39 is 0 Å². The van der Waals surface area contributed by atoms with Gasteiger partial charge in [-0.2, -0.15) is 10.2 Å². The molecule has 8 heteroatoms. The largest absolute Gasteiger partial charge is 0.382 e. The molecule has 0 aliphatic carbocycles. The second-order valence-electron chi connectivity index (χ2n) is 10.6. The number of aryl methyl sites for hydroxylation is 1. The average molecular weight is 577 g/mol. The van der Waals surface area contributed by atoms with Gasteiger partial charge in [-0.1, -0.05) is 55.5 Å². The van der Waals surface area contributed by atoms with E-state index in [0.29, 0.717) is 11.7 Å². The zero-order valence-corrected chi connectivity index (χ0v) is 24.9. The third kappa shape index (κ3) is 6.39. The highest BCUT2D eigenvalue weighted by Crippen LogP contribution is 2.37. The van der Waals surface area contributed by atoms with Gasteiger partial charge < -0.3 is 5.32 Å². The smallest absolute Gasteiger partial charge is 0.104 e. The van der Waals surface area contributed by atoms with Crippen LogP contribution in [0.3, 0.4) is 0 Å². The number of aromatic nitrogens is 1. The minimum absolute atomic E-state index is 0.380. The van der Waals surface area contributed by atoms with E-state index in [1.54, 1.807) is 12.4 Å². The number of benzene rings is 5. The first-order valence-corrected chi connectivity index (χ1v) is 14.6. The van der Waals surface area contributed by atoms with Gasteiger partial charge in [0.15, 0.2) is 0 Å². The van der Waals surface area contributed by atoms with Crippen molar-refractivity contribution in [2.75, 3.05) is 5.32 Å². The van der Waals surface area contributed by atoms with Gasteiger partial charge in [0.25, 0.3) is 0 Å². The highest BCUT2D eigenvalue weighted by atomic mass is 15.1. The van der Waals surface area contributed by atoms with Gasteiger partial charge in [0.2, 0.25) is 0 Å². The van der Waals surface area contributed by atoms with Gasteiger partial charge in [-0.05, 0) is 80.4 Å². The van der Waals surface area contributed by atoms with E-state index in [1.165, 1.54) is 0 Å². The molecule has 0 aliphatic heterocycles. The number of anilines is 1. The van der Waals surface area contributed by atoms with Gasteiger partial charge >= 0.3 is 0 Å². The van der Waals surface area contributed by atoms with Crippen LogP contribution in [0.5, 0.6) is 0 Å². The quantitative estimate of drug-likeness (QED) is 0.173. The van der Waals surface area contributed by atoms with Crippen LogP contribution in [0.15, 0.2) is 146 Å². The third-order valence-electron chi connectivity index (χ3n) is 7.43. The maximum Gasteiger partial charge on any atom is 0.104 e. The van der Waals surface area contributed by atoms with E-state index in [2.05, 4.69) is 68.9 Å². The zero-order chi connectivity index (χ0) is 30.3. The van der Waals surface area contributed by atoms with E-state index in [-0.39, 0.29) is 0 Å². The molecule has 1 aromatic heterocycles. The lowest BCUT2D eigenvalue weighted by molar-refractivity contribution is 0.765. The first-order chi connectivity index (χ1) is 21.6. The Bertz CT molecular complexity index is 2010. The summed E-state index contributed by atoms with van der Waals surface area (Å²) in [5.74, 6) is 0. The summed E-state index contributed by atoms with van der Waals surface area (Å²) in [7, 11) is 0. The van der Waals surface area contributed by atoms with E-state index in [0.717, 1.165) is 67.7 Å². The number of fused-ring (bicyclic) bond motifs is 2. The molecule has 1 unspecified atom stereocenters. The van der Waals surface area contributed by atoms with Crippen LogP contribution < -0.4 is 5.32 Å². The molecule has 44 heavy (non-hydrogen) atoms. The lowest BCUT2D eigenvalue weighted by atomic mass is 10.1. The molecule has 5 aromatic carbocycles. The second-order valence-corrected chi connectivity index (χ2v) is 10.6. The fraction of sp³-hybridized carbons (Fsp3) is 0.139. The molecule has 0 saturated carbocycles. The van der Waals surface area contributed by atoms with Crippen molar-refractivity contribution in [1.82, 2.24) is 4.98 Å². The molecule has 1 N–H and O–H groups in total. The lowest BCUT2D eigenvalue weighted by Gasteiger charge is -2.15. The van der Waals surface area contributed by atoms with Gasteiger partial charge in [0, 0.05) is 39.5 Å². The SMILES string of the molecule is CCC(C)Nc1ccc(N=Nc2ccc(N=Nc3ccc(N=Nc4cccnc4)cc3C)c3ccccc23)c2ccccc12. The molecular weight excluding hydrogens is 544 g/mol. The monoisotopic (exact) mass is 576 g/mol. The fourth-order valence-corrected chi connectivity index (χ4v) is 4.86. The Morgan fingerprint density at radius 1 is 0.591 bits per heavy atom. The molecule has 0 bridgehead atoms. The Labute approximate surface area is 256 Å². The standard InChI is InChI=1S/C36H32N8/c1-4-25(3)38-33-17-18-34(29-12-6-5-11-28(29)33)43-44-36-20-19-35(30-13-7-8-14-31(30)36)42-41-32-16-15-26(22-24(32)2)39-40-27-10-9-21-37-23-27/h5-23,25,38H,4H2,1-3H3. The van der Waals surface area contributed by atoms with E-state index in [4.69, 9.17) is 10.2 Å². The van der Waals surface area contributed by atoms with Gasteiger partial charge in [-0.15, -0.1) is 20.5 Å². The van der Waals surface area contributed by atoms with Crippen LogP contribution >= 0.6 is 0 Å². The summed E-state index contributed by atoms with van der Waals surface area (Å²) in [6.45, 7) is 6.35. The summed E-state index contributed by atoms with van der Waals surface area (Å²) >= 11 is 0. The number of azo groups is 3. The second kappa shape index (κ2) is 13.1. The van der Waals surface area contributed by atoms with Crippen LogP contribution in [0.25, 0.3) is 21.5 Å². The summed E-state index contributed by atoms with van der Waals surface area (Å²) in [5.41, 5.74) is 6.59. The summed E-state index contributed by atoms with van der Waals surface area (Å²) < 4.78 is 0. The van der Waals surface area contributed by atoms with Crippen LogP contribution in [0.1, 0.15) is 25.8 Å². The predicted molar refractivity (Wildman–Crippen MR) is 179 cm³/mol. The molecule has 0 aliphatic rings. The van der Waals surface area contributed by atoms with Crippen molar-refractivity contribution in [3.63, 3.8) is 0 Å².